The Kier molecular flexibility index (Phi) is 1.61. The summed E-state index contributed by atoms with van der Waals surface area (Å²) in [5.74, 6) is -0.0123. The number of fused-ring (bicyclic) bond motifs is 2. The smallest absolute Gasteiger partial charge is 0.307 e. The molecule has 0 bridgehead atoms. The number of carboxylic acids is 1. The number of para-hydroxylation sites is 1. The van der Waals surface area contributed by atoms with E-state index in [1.165, 1.54) is 0 Å². The van der Waals surface area contributed by atoms with E-state index in [4.69, 9.17) is 9.84 Å². The van der Waals surface area contributed by atoms with Crippen molar-refractivity contribution in [1.29, 1.82) is 0 Å². The molecule has 3 nitrogen and oxygen atoms in total. The van der Waals surface area contributed by atoms with E-state index < -0.39 is 5.97 Å². The lowest BCUT2D eigenvalue weighted by Gasteiger charge is -2.26. The summed E-state index contributed by atoms with van der Waals surface area (Å²) in [7, 11) is 0. The van der Waals surface area contributed by atoms with Crippen LogP contribution in [0, 0.1) is 5.92 Å². The molecule has 1 spiro atoms. The molecule has 1 saturated carbocycles. The summed E-state index contributed by atoms with van der Waals surface area (Å²) in [5.41, 5.74) is 0.962. The van der Waals surface area contributed by atoms with Gasteiger partial charge in [0, 0.05) is 11.0 Å². The molecule has 3 heteroatoms. The summed E-state index contributed by atoms with van der Waals surface area (Å²) in [5, 5.41) is 9.06. The summed E-state index contributed by atoms with van der Waals surface area (Å²) >= 11 is 0. The van der Waals surface area contributed by atoms with E-state index in [0.29, 0.717) is 6.61 Å². The summed E-state index contributed by atoms with van der Waals surface area (Å²) in [6, 6.07) is 7.80. The Hall–Kier alpha value is -1.51. The number of carbonyl (C=O) groups is 1. The van der Waals surface area contributed by atoms with Gasteiger partial charge in [-0.2, -0.15) is 0 Å². The normalized spacial score (nSPS) is 31.9. The van der Waals surface area contributed by atoms with Crippen LogP contribution in [-0.4, -0.2) is 17.7 Å². The van der Waals surface area contributed by atoms with Crippen molar-refractivity contribution in [2.45, 2.75) is 18.3 Å². The van der Waals surface area contributed by atoms with Gasteiger partial charge in [-0.15, -0.1) is 0 Å². The Morgan fingerprint density at radius 2 is 2.27 bits per heavy atom. The molecule has 1 aliphatic heterocycles. The SMILES string of the molecule is O=C(O)C1CC12CCOc1ccccc12. The number of carboxylic acid groups (broad SMARTS) is 1. The minimum absolute atomic E-state index is 0.124. The molecule has 1 N–H and O–H groups in total. The van der Waals surface area contributed by atoms with E-state index in [9.17, 15) is 4.79 Å². The lowest BCUT2D eigenvalue weighted by Crippen LogP contribution is -2.23. The number of hydrogen-bond donors (Lipinski definition) is 1. The number of rotatable bonds is 1. The van der Waals surface area contributed by atoms with Gasteiger partial charge in [0.1, 0.15) is 5.75 Å². The topological polar surface area (TPSA) is 46.5 Å². The number of ether oxygens (including phenoxy) is 1. The molecule has 2 atom stereocenters. The fourth-order valence-electron chi connectivity index (χ4n) is 2.68. The predicted octanol–water partition coefficient (Wildman–Crippen LogP) is 1.81. The van der Waals surface area contributed by atoms with Gasteiger partial charge in [0.05, 0.1) is 12.5 Å². The van der Waals surface area contributed by atoms with Crippen molar-refractivity contribution in [2.75, 3.05) is 6.61 Å². The standard InChI is InChI=1S/C12H12O3/c13-11(14)9-7-12(9)5-6-15-10-4-2-1-3-8(10)12/h1-4,9H,5-7H2,(H,13,14). The van der Waals surface area contributed by atoms with Crippen molar-refractivity contribution in [3.05, 3.63) is 29.8 Å². The van der Waals surface area contributed by atoms with E-state index in [0.717, 1.165) is 24.2 Å². The summed E-state index contributed by atoms with van der Waals surface area (Å²) in [4.78, 5) is 11.0. The second kappa shape index (κ2) is 2.75. The fraction of sp³-hybridized carbons (Fsp3) is 0.417. The van der Waals surface area contributed by atoms with Crippen molar-refractivity contribution in [1.82, 2.24) is 0 Å². The van der Waals surface area contributed by atoms with Crippen LogP contribution in [0.25, 0.3) is 0 Å². The van der Waals surface area contributed by atoms with Gasteiger partial charge in [-0.3, -0.25) is 4.79 Å². The van der Waals surface area contributed by atoms with Gasteiger partial charge >= 0.3 is 5.97 Å². The monoisotopic (exact) mass is 204 g/mol. The summed E-state index contributed by atoms with van der Waals surface area (Å²) < 4.78 is 5.53. The average molecular weight is 204 g/mol. The Balaban J connectivity index is 2.05. The number of hydrogen-bond acceptors (Lipinski definition) is 2. The lowest BCUT2D eigenvalue weighted by molar-refractivity contribution is -0.139. The second-order valence-electron chi connectivity index (χ2n) is 4.35. The Bertz CT molecular complexity index is 427. The van der Waals surface area contributed by atoms with Crippen LogP contribution < -0.4 is 4.74 Å². The third-order valence-corrected chi connectivity index (χ3v) is 3.60. The van der Waals surface area contributed by atoms with E-state index >= 15 is 0 Å². The zero-order chi connectivity index (χ0) is 10.5. The van der Waals surface area contributed by atoms with Crippen molar-refractivity contribution in [3.63, 3.8) is 0 Å². The number of benzene rings is 1. The van der Waals surface area contributed by atoms with Crippen molar-refractivity contribution in [3.8, 4) is 5.75 Å². The molecule has 0 saturated heterocycles. The van der Waals surface area contributed by atoms with Crippen LogP contribution >= 0.6 is 0 Å². The first-order valence-corrected chi connectivity index (χ1v) is 5.19. The molecule has 0 aromatic heterocycles. The van der Waals surface area contributed by atoms with Crippen molar-refractivity contribution >= 4 is 5.97 Å². The molecule has 0 radical (unpaired) electrons. The van der Waals surface area contributed by atoms with Crippen LogP contribution in [0.3, 0.4) is 0 Å². The van der Waals surface area contributed by atoms with E-state index in [1.807, 2.05) is 24.3 Å². The maximum absolute atomic E-state index is 11.0. The van der Waals surface area contributed by atoms with Crippen LogP contribution in [-0.2, 0) is 10.2 Å². The van der Waals surface area contributed by atoms with Crippen LogP contribution in [0.5, 0.6) is 5.75 Å². The van der Waals surface area contributed by atoms with Gasteiger partial charge in [-0.1, -0.05) is 18.2 Å². The summed E-state index contributed by atoms with van der Waals surface area (Å²) in [6.07, 6.45) is 1.60. The quantitative estimate of drug-likeness (QED) is 0.758. The maximum Gasteiger partial charge on any atom is 0.307 e. The highest BCUT2D eigenvalue weighted by atomic mass is 16.5. The highest BCUT2D eigenvalue weighted by molar-refractivity contribution is 5.78. The Morgan fingerprint density at radius 3 is 3.00 bits per heavy atom. The molecule has 78 valence electrons. The van der Waals surface area contributed by atoms with Gasteiger partial charge in [-0.05, 0) is 18.9 Å². The fourth-order valence-corrected chi connectivity index (χ4v) is 2.68. The molecule has 1 aromatic rings. The van der Waals surface area contributed by atoms with Gasteiger partial charge in [0.25, 0.3) is 0 Å². The van der Waals surface area contributed by atoms with Crippen molar-refractivity contribution < 1.29 is 14.6 Å². The molecule has 1 heterocycles. The maximum atomic E-state index is 11.0. The van der Waals surface area contributed by atoms with Crippen LogP contribution in [0.4, 0.5) is 0 Å². The van der Waals surface area contributed by atoms with Gasteiger partial charge in [0.2, 0.25) is 0 Å². The zero-order valence-electron chi connectivity index (χ0n) is 8.27. The van der Waals surface area contributed by atoms with E-state index in [2.05, 4.69) is 0 Å². The minimum Gasteiger partial charge on any atom is -0.493 e. The highest BCUT2D eigenvalue weighted by Gasteiger charge is 2.61. The minimum atomic E-state index is -0.674. The molecule has 3 rings (SSSR count). The van der Waals surface area contributed by atoms with Gasteiger partial charge < -0.3 is 9.84 Å². The van der Waals surface area contributed by atoms with Crippen LogP contribution in [0.1, 0.15) is 18.4 Å². The average Bonchev–Trinajstić information content (AvgIpc) is 2.95. The molecule has 0 amide bonds. The molecule has 2 unspecified atom stereocenters. The third-order valence-electron chi connectivity index (χ3n) is 3.60. The molecule has 15 heavy (non-hydrogen) atoms. The molecular weight excluding hydrogens is 192 g/mol. The molecule has 1 aliphatic carbocycles. The number of aliphatic carboxylic acids is 1. The van der Waals surface area contributed by atoms with Crippen LogP contribution in [0.15, 0.2) is 24.3 Å². The van der Waals surface area contributed by atoms with Gasteiger partial charge in [0.15, 0.2) is 0 Å². The predicted molar refractivity (Wildman–Crippen MR) is 54.0 cm³/mol. The molecule has 1 aromatic carbocycles. The first-order valence-electron chi connectivity index (χ1n) is 5.19. The molecule has 2 aliphatic rings. The first-order chi connectivity index (χ1) is 7.24. The van der Waals surface area contributed by atoms with Crippen LogP contribution in [0.2, 0.25) is 0 Å². The largest absolute Gasteiger partial charge is 0.493 e. The zero-order valence-corrected chi connectivity index (χ0v) is 8.27. The highest BCUT2D eigenvalue weighted by Crippen LogP contribution is 2.60. The molecule has 1 fully saturated rings. The summed E-state index contributed by atoms with van der Waals surface area (Å²) in [6.45, 7) is 0.640. The first kappa shape index (κ1) is 8.77. The third kappa shape index (κ3) is 1.09. The van der Waals surface area contributed by atoms with Crippen molar-refractivity contribution in [2.24, 2.45) is 5.92 Å². The molecular formula is C12H12O3. The second-order valence-corrected chi connectivity index (χ2v) is 4.35. The Morgan fingerprint density at radius 1 is 1.47 bits per heavy atom. The van der Waals surface area contributed by atoms with E-state index in [-0.39, 0.29) is 11.3 Å². The van der Waals surface area contributed by atoms with Gasteiger partial charge in [-0.25, -0.2) is 0 Å². The van der Waals surface area contributed by atoms with E-state index in [1.54, 1.807) is 0 Å². The lowest BCUT2D eigenvalue weighted by atomic mass is 9.87. The Labute approximate surface area is 87.7 Å².